The zero-order valence-electron chi connectivity index (χ0n) is 10.4. The Kier molecular flexibility index (Phi) is 3.47. The number of rotatable bonds is 4. The van der Waals surface area contributed by atoms with E-state index in [2.05, 4.69) is 15.0 Å². The van der Waals surface area contributed by atoms with Gasteiger partial charge in [0.05, 0.1) is 19.0 Å². The van der Waals surface area contributed by atoms with Gasteiger partial charge in [-0.1, -0.05) is 0 Å². The molecule has 1 aliphatic heterocycles. The summed E-state index contributed by atoms with van der Waals surface area (Å²) in [5.41, 5.74) is 5.77. The summed E-state index contributed by atoms with van der Waals surface area (Å²) in [7, 11) is -0.362. The van der Waals surface area contributed by atoms with E-state index in [1.54, 1.807) is 4.57 Å². The van der Waals surface area contributed by atoms with E-state index in [1.807, 2.05) is 0 Å². The highest BCUT2D eigenvalue weighted by atomic mass is 31.1. The molecule has 9 nitrogen and oxygen atoms in total. The molecule has 2 atom stereocenters. The maximum Gasteiger partial charge on any atom is 0.327 e. The lowest BCUT2D eigenvalue weighted by Gasteiger charge is -2.14. The molecule has 1 fully saturated rings. The molecule has 3 rings (SSSR count). The van der Waals surface area contributed by atoms with E-state index in [9.17, 15) is 9.36 Å². The van der Waals surface area contributed by atoms with Crippen molar-refractivity contribution >= 4 is 25.8 Å². The molecule has 10 heteroatoms. The van der Waals surface area contributed by atoms with Crippen LogP contribution in [-0.4, -0.2) is 32.2 Å². The van der Waals surface area contributed by atoms with Crippen LogP contribution in [-0.2, 0) is 13.8 Å². The van der Waals surface area contributed by atoms with Gasteiger partial charge in [-0.15, -0.1) is 0 Å². The van der Waals surface area contributed by atoms with Crippen molar-refractivity contribution in [3.05, 3.63) is 16.7 Å². The fourth-order valence-corrected chi connectivity index (χ4v) is 2.51. The maximum atomic E-state index is 11.7. The first kappa shape index (κ1) is 13.2. The number of fused-ring (bicyclic) bond motifs is 1. The van der Waals surface area contributed by atoms with Crippen LogP contribution < -0.4 is 11.3 Å². The monoisotopic (exact) mass is 297 g/mol. The van der Waals surface area contributed by atoms with Gasteiger partial charge in [0.1, 0.15) is 6.23 Å². The van der Waals surface area contributed by atoms with Gasteiger partial charge in [0.25, 0.3) is 5.56 Å². The number of nitrogen functional groups attached to an aromatic ring is 1. The minimum absolute atomic E-state index is 0.0345. The predicted octanol–water partition coefficient (Wildman–Crippen LogP) is 0.603. The molecule has 2 aromatic rings. The number of H-pyrrole nitrogens is 1. The number of imidazole rings is 1. The Hall–Kier alpha value is -1.83. The third-order valence-electron chi connectivity index (χ3n) is 3.16. The van der Waals surface area contributed by atoms with E-state index in [4.69, 9.17) is 15.0 Å². The van der Waals surface area contributed by atoms with E-state index < -0.39 is 0 Å². The van der Waals surface area contributed by atoms with Gasteiger partial charge in [-0.25, -0.2) is 9.55 Å². The van der Waals surface area contributed by atoms with Gasteiger partial charge in [0.15, 0.2) is 11.2 Å². The first-order valence-electron chi connectivity index (χ1n) is 6.01. The number of hydrogen-bond donors (Lipinski definition) is 2. The second-order valence-electron chi connectivity index (χ2n) is 4.44. The largest absolute Gasteiger partial charge is 0.369 e. The number of aromatic amines is 1. The van der Waals surface area contributed by atoms with Crippen LogP contribution in [0.1, 0.15) is 19.1 Å². The summed E-state index contributed by atoms with van der Waals surface area (Å²) < 4.78 is 22.5. The average molecular weight is 297 g/mol. The molecule has 1 saturated heterocycles. The minimum atomic E-state index is -0.380. The Bertz CT molecular complexity index is 699. The van der Waals surface area contributed by atoms with Crippen molar-refractivity contribution in [2.75, 3.05) is 12.3 Å². The lowest BCUT2D eigenvalue weighted by atomic mass is 10.2. The van der Waals surface area contributed by atoms with Crippen molar-refractivity contribution in [1.82, 2.24) is 19.5 Å². The molecule has 0 radical (unpaired) electrons. The number of hydrogen-bond acceptors (Lipinski definition) is 7. The van der Waals surface area contributed by atoms with Crippen molar-refractivity contribution in [1.29, 1.82) is 0 Å². The van der Waals surface area contributed by atoms with Crippen molar-refractivity contribution in [2.45, 2.75) is 25.2 Å². The van der Waals surface area contributed by atoms with E-state index in [1.165, 1.54) is 6.33 Å². The van der Waals surface area contributed by atoms with Crippen molar-refractivity contribution in [2.24, 2.45) is 0 Å². The molecule has 20 heavy (non-hydrogen) atoms. The third-order valence-corrected chi connectivity index (χ3v) is 3.41. The maximum absolute atomic E-state index is 11.7. The lowest BCUT2D eigenvalue weighted by molar-refractivity contribution is -0.0139. The summed E-state index contributed by atoms with van der Waals surface area (Å²) in [5, 5.41) is 0. The van der Waals surface area contributed by atoms with Gasteiger partial charge < -0.3 is 10.5 Å². The number of ether oxygens (including phenoxy) is 1. The van der Waals surface area contributed by atoms with Gasteiger partial charge in [-0.2, -0.15) is 4.98 Å². The first-order valence-corrected chi connectivity index (χ1v) is 6.74. The molecular weight excluding hydrogens is 285 g/mol. The van der Waals surface area contributed by atoms with Crippen LogP contribution in [0.25, 0.3) is 11.2 Å². The van der Waals surface area contributed by atoms with Crippen LogP contribution in [0.15, 0.2) is 11.1 Å². The SMILES string of the molecule is Nc1nc2c(ncn2[C@H]2CC[C@@H](COP=O)O2)c(=O)[nH]1. The molecule has 0 spiro atoms. The zero-order chi connectivity index (χ0) is 14.1. The van der Waals surface area contributed by atoms with Crippen molar-refractivity contribution < 1.29 is 13.8 Å². The minimum Gasteiger partial charge on any atom is -0.369 e. The highest BCUT2D eigenvalue weighted by Gasteiger charge is 2.28. The van der Waals surface area contributed by atoms with Gasteiger partial charge >= 0.3 is 8.69 Å². The predicted molar refractivity (Wildman–Crippen MR) is 69.3 cm³/mol. The van der Waals surface area contributed by atoms with Gasteiger partial charge in [-0.3, -0.25) is 18.9 Å². The van der Waals surface area contributed by atoms with Crippen LogP contribution in [0.5, 0.6) is 0 Å². The van der Waals surface area contributed by atoms with Gasteiger partial charge in [0.2, 0.25) is 5.95 Å². The van der Waals surface area contributed by atoms with E-state index in [0.717, 1.165) is 12.8 Å². The Morgan fingerprint density at radius 3 is 3.25 bits per heavy atom. The highest BCUT2D eigenvalue weighted by molar-refractivity contribution is 7.17. The van der Waals surface area contributed by atoms with Crippen LogP contribution in [0.4, 0.5) is 5.95 Å². The van der Waals surface area contributed by atoms with Crippen molar-refractivity contribution in [3.63, 3.8) is 0 Å². The molecule has 0 amide bonds. The van der Waals surface area contributed by atoms with E-state index in [0.29, 0.717) is 5.65 Å². The summed E-state index contributed by atoms with van der Waals surface area (Å²) in [6.45, 7) is 0.254. The number of aromatic nitrogens is 4. The normalized spacial score (nSPS) is 22.8. The Morgan fingerprint density at radius 2 is 2.45 bits per heavy atom. The quantitative estimate of drug-likeness (QED) is 0.791. The summed E-state index contributed by atoms with van der Waals surface area (Å²) in [5.74, 6) is 0.0345. The topological polar surface area (TPSA) is 125 Å². The smallest absolute Gasteiger partial charge is 0.327 e. The van der Waals surface area contributed by atoms with E-state index in [-0.39, 0.29) is 44.7 Å². The number of nitrogens with zero attached hydrogens (tertiary/aromatic N) is 3. The lowest BCUT2D eigenvalue weighted by Crippen LogP contribution is -2.16. The highest BCUT2D eigenvalue weighted by Crippen LogP contribution is 2.30. The Labute approximate surface area is 114 Å². The number of nitrogens with two attached hydrogens (primary N) is 1. The fourth-order valence-electron chi connectivity index (χ4n) is 2.28. The summed E-state index contributed by atoms with van der Waals surface area (Å²) in [4.78, 5) is 22.2. The average Bonchev–Trinajstić information content (AvgIpc) is 3.02. The second-order valence-corrected chi connectivity index (χ2v) is 4.84. The van der Waals surface area contributed by atoms with Crippen molar-refractivity contribution in [3.8, 4) is 0 Å². The summed E-state index contributed by atoms with van der Waals surface area (Å²) in [6.07, 6.45) is 2.57. The number of anilines is 1. The molecule has 3 N–H and O–H groups in total. The standard InChI is InChI=1S/C10H12N5O4P/c11-10-13-8-7(9(16)14-10)12-4-15(8)6-2-1-5(19-6)3-18-20-17/h4-6H,1-3H2,(H3,11,13,14,16)/t5-,6+/m0/s1. The van der Waals surface area contributed by atoms with Gasteiger partial charge in [-0.05, 0) is 12.8 Å². The van der Waals surface area contributed by atoms with E-state index >= 15 is 0 Å². The fraction of sp³-hybridized carbons (Fsp3) is 0.500. The molecule has 106 valence electrons. The molecule has 0 aliphatic carbocycles. The van der Waals surface area contributed by atoms with Crippen LogP contribution >= 0.6 is 8.69 Å². The zero-order valence-corrected chi connectivity index (χ0v) is 11.2. The van der Waals surface area contributed by atoms with Crippen LogP contribution in [0, 0.1) is 0 Å². The first-order chi connectivity index (χ1) is 9.69. The second kappa shape index (κ2) is 5.28. The molecule has 0 saturated carbocycles. The molecule has 1 aliphatic rings. The van der Waals surface area contributed by atoms with Crippen LogP contribution in [0.3, 0.4) is 0 Å². The van der Waals surface area contributed by atoms with Crippen LogP contribution in [0.2, 0.25) is 0 Å². The molecular formula is C10H12N5O4P. The summed E-state index contributed by atoms with van der Waals surface area (Å²) in [6, 6.07) is 0. The molecule has 2 aromatic heterocycles. The number of nitrogens with one attached hydrogen (secondary N) is 1. The Morgan fingerprint density at radius 1 is 1.60 bits per heavy atom. The van der Waals surface area contributed by atoms with Gasteiger partial charge in [0, 0.05) is 0 Å². The third kappa shape index (κ3) is 2.31. The molecule has 0 bridgehead atoms. The molecule has 3 heterocycles. The summed E-state index contributed by atoms with van der Waals surface area (Å²) >= 11 is 0. The molecule has 0 unspecified atom stereocenters. The Balaban J connectivity index is 1.88. The molecule has 0 aromatic carbocycles.